The predicted molar refractivity (Wildman–Crippen MR) is 146 cm³/mol. The zero-order valence-electron chi connectivity index (χ0n) is 20.8. The van der Waals surface area contributed by atoms with E-state index in [1.54, 1.807) is 18.3 Å². The van der Waals surface area contributed by atoms with Crippen LogP contribution in [0, 0.1) is 0 Å². The lowest BCUT2D eigenvalue weighted by molar-refractivity contribution is -0.143. The van der Waals surface area contributed by atoms with E-state index in [1.165, 1.54) is 12.1 Å². The van der Waals surface area contributed by atoms with Gasteiger partial charge in [0.05, 0.1) is 12.6 Å². The molecular weight excluding hydrogens is 526 g/mol. The number of hydrogen-bond donors (Lipinski definition) is 9. The molecule has 4 unspecified atom stereocenters. The average Bonchev–Trinajstić information content (AvgIpc) is 3.33. The van der Waals surface area contributed by atoms with Crippen LogP contribution in [0.1, 0.15) is 11.1 Å². The fraction of sp³-hybridized carbons (Fsp3) is 0.308. The summed E-state index contributed by atoms with van der Waals surface area (Å²) in [6, 6.07) is 8.59. The lowest BCUT2D eigenvalue weighted by atomic mass is 10.0. The summed E-state index contributed by atoms with van der Waals surface area (Å²) in [5, 5.41) is 36.0. The van der Waals surface area contributed by atoms with Gasteiger partial charge in [0.15, 0.2) is 0 Å². The Balaban J connectivity index is 1.74. The van der Waals surface area contributed by atoms with E-state index in [0.717, 1.165) is 16.5 Å². The first-order valence-electron chi connectivity index (χ1n) is 12.1. The molecule has 0 fully saturated rings. The summed E-state index contributed by atoms with van der Waals surface area (Å²) in [5.41, 5.74) is 8.52. The maximum Gasteiger partial charge on any atom is 0.328 e. The van der Waals surface area contributed by atoms with Crippen molar-refractivity contribution in [3.8, 4) is 5.75 Å². The number of fused-ring (bicyclic) bond motifs is 1. The number of hydrogen-bond acceptors (Lipinski definition) is 8. The number of aliphatic hydroxyl groups is 1. The molecule has 1 aromatic heterocycles. The van der Waals surface area contributed by atoms with Crippen LogP contribution >= 0.6 is 12.6 Å². The van der Waals surface area contributed by atoms with Crippen LogP contribution in [0.25, 0.3) is 10.9 Å². The highest BCUT2D eigenvalue weighted by atomic mass is 32.1. The topological polar surface area (TPSA) is 207 Å². The molecule has 3 aromatic rings. The number of para-hydroxylation sites is 1. The highest BCUT2D eigenvalue weighted by Crippen LogP contribution is 2.19. The van der Waals surface area contributed by atoms with Crippen LogP contribution in [0.15, 0.2) is 54.7 Å². The van der Waals surface area contributed by atoms with Gasteiger partial charge in [0.2, 0.25) is 17.7 Å². The molecule has 1 heterocycles. The Morgan fingerprint density at radius 3 is 2.13 bits per heavy atom. The molecule has 2 aromatic carbocycles. The largest absolute Gasteiger partial charge is 0.508 e. The highest BCUT2D eigenvalue weighted by Gasteiger charge is 2.30. The summed E-state index contributed by atoms with van der Waals surface area (Å²) in [5.74, 6) is -3.82. The Morgan fingerprint density at radius 1 is 0.872 bits per heavy atom. The van der Waals surface area contributed by atoms with Crippen molar-refractivity contribution in [3.63, 3.8) is 0 Å². The molecule has 0 saturated carbocycles. The molecule has 9 N–H and O–H groups in total. The quantitative estimate of drug-likeness (QED) is 0.124. The molecule has 208 valence electrons. The number of phenols is 1. The number of carbonyl (C=O) groups excluding carboxylic acids is 3. The third-order valence-electron chi connectivity index (χ3n) is 6.07. The van der Waals surface area contributed by atoms with Crippen molar-refractivity contribution in [1.82, 2.24) is 20.9 Å². The Bertz CT molecular complexity index is 1310. The number of amides is 3. The average molecular weight is 558 g/mol. The van der Waals surface area contributed by atoms with Gasteiger partial charge in [0.25, 0.3) is 0 Å². The van der Waals surface area contributed by atoms with Gasteiger partial charge >= 0.3 is 5.97 Å². The summed E-state index contributed by atoms with van der Waals surface area (Å²) < 4.78 is 0. The number of rotatable bonds is 13. The third kappa shape index (κ3) is 7.96. The zero-order valence-corrected chi connectivity index (χ0v) is 21.7. The van der Waals surface area contributed by atoms with E-state index in [9.17, 15) is 29.4 Å². The molecule has 0 spiro atoms. The van der Waals surface area contributed by atoms with E-state index in [2.05, 4.69) is 33.6 Å². The molecule has 0 aliphatic rings. The van der Waals surface area contributed by atoms with E-state index < -0.39 is 54.5 Å². The van der Waals surface area contributed by atoms with Crippen molar-refractivity contribution >= 4 is 47.2 Å². The van der Waals surface area contributed by atoms with Gasteiger partial charge in [-0.05, 0) is 35.7 Å². The Kier molecular flexibility index (Phi) is 10.3. The van der Waals surface area contributed by atoms with Gasteiger partial charge in [0, 0.05) is 29.3 Å². The normalized spacial score (nSPS) is 14.1. The van der Waals surface area contributed by atoms with Crippen LogP contribution in [-0.4, -0.2) is 80.5 Å². The van der Waals surface area contributed by atoms with Gasteiger partial charge in [-0.3, -0.25) is 14.4 Å². The number of carbonyl (C=O) groups is 4. The summed E-state index contributed by atoms with van der Waals surface area (Å²) in [6.07, 6.45) is 1.97. The van der Waals surface area contributed by atoms with E-state index in [4.69, 9.17) is 10.8 Å². The molecule has 39 heavy (non-hydrogen) atoms. The number of carboxylic acid groups (broad SMARTS) is 1. The molecule has 3 amide bonds. The molecule has 0 bridgehead atoms. The maximum atomic E-state index is 13.2. The standard InChI is InChI=1S/C26H31N5O7S/c27-18(10-15-11-28-19-4-2-1-3-17(15)19)23(34)29-20(9-14-5-7-16(33)8-6-14)24(35)31-22(13-39)25(36)30-21(12-32)26(37)38/h1-8,11,18,20-22,28,32-33,39H,9-10,12-13,27H2,(H,29,34)(H,30,36)(H,31,35)(H,37,38). The molecule has 0 radical (unpaired) electrons. The Morgan fingerprint density at radius 2 is 1.49 bits per heavy atom. The second-order valence-electron chi connectivity index (χ2n) is 8.93. The fourth-order valence-electron chi connectivity index (χ4n) is 3.91. The first-order valence-corrected chi connectivity index (χ1v) is 12.7. The number of benzene rings is 2. The minimum Gasteiger partial charge on any atom is -0.508 e. The number of aliphatic carboxylic acids is 1. The van der Waals surface area contributed by atoms with Crippen LogP contribution in [0.5, 0.6) is 5.75 Å². The minimum absolute atomic E-state index is 0.00690. The summed E-state index contributed by atoms with van der Waals surface area (Å²) in [7, 11) is 0. The molecular formula is C26H31N5O7S. The van der Waals surface area contributed by atoms with Gasteiger partial charge in [-0.15, -0.1) is 0 Å². The number of nitrogens with one attached hydrogen (secondary N) is 4. The number of phenolic OH excluding ortho intramolecular Hbond substituents is 1. The monoisotopic (exact) mass is 557 g/mol. The Hall–Kier alpha value is -4.07. The second-order valence-corrected chi connectivity index (χ2v) is 9.29. The number of aromatic amines is 1. The molecule has 0 aliphatic heterocycles. The highest BCUT2D eigenvalue weighted by molar-refractivity contribution is 7.80. The number of aromatic nitrogens is 1. The molecule has 0 aliphatic carbocycles. The zero-order chi connectivity index (χ0) is 28.5. The number of thiol groups is 1. The number of aromatic hydroxyl groups is 1. The van der Waals surface area contributed by atoms with Crippen molar-refractivity contribution in [2.45, 2.75) is 37.0 Å². The lowest BCUT2D eigenvalue weighted by Crippen LogP contribution is -2.58. The van der Waals surface area contributed by atoms with Gasteiger partial charge in [0.1, 0.15) is 23.9 Å². The van der Waals surface area contributed by atoms with Crippen LogP contribution in [0.2, 0.25) is 0 Å². The number of H-pyrrole nitrogens is 1. The first kappa shape index (κ1) is 29.5. The van der Waals surface area contributed by atoms with Crippen LogP contribution < -0.4 is 21.7 Å². The van der Waals surface area contributed by atoms with E-state index in [0.29, 0.717) is 5.56 Å². The molecule has 12 nitrogen and oxygen atoms in total. The van der Waals surface area contributed by atoms with Gasteiger partial charge in [-0.25, -0.2) is 4.79 Å². The van der Waals surface area contributed by atoms with Crippen molar-refractivity contribution in [1.29, 1.82) is 0 Å². The van der Waals surface area contributed by atoms with Crippen molar-refractivity contribution < 1.29 is 34.5 Å². The van der Waals surface area contributed by atoms with Crippen LogP contribution in [-0.2, 0) is 32.0 Å². The molecule has 3 rings (SSSR count). The van der Waals surface area contributed by atoms with Crippen molar-refractivity contribution in [3.05, 3.63) is 65.9 Å². The van der Waals surface area contributed by atoms with E-state index >= 15 is 0 Å². The first-order chi connectivity index (χ1) is 18.6. The van der Waals surface area contributed by atoms with Crippen LogP contribution in [0.3, 0.4) is 0 Å². The SMILES string of the molecule is NC(Cc1c[nH]c2ccccc12)C(=O)NC(Cc1ccc(O)cc1)C(=O)NC(CS)C(=O)NC(CO)C(=O)O. The van der Waals surface area contributed by atoms with Gasteiger partial charge < -0.3 is 42.0 Å². The second kappa shape index (κ2) is 13.6. The molecule has 13 heteroatoms. The van der Waals surface area contributed by atoms with E-state index in [1.807, 2.05) is 24.3 Å². The number of nitrogens with two attached hydrogens (primary N) is 1. The molecule has 4 atom stereocenters. The van der Waals surface area contributed by atoms with Gasteiger partial charge in [-0.2, -0.15) is 12.6 Å². The Labute approximate surface area is 229 Å². The van der Waals surface area contributed by atoms with E-state index in [-0.39, 0.29) is 24.3 Å². The summed E-state index contributed by atoms with van der Waals surface area (Å²) in [6.45, 7) is -0.845. The summed E-state index contributed by atoms with van der Waals surface area (Å²) in [4.78, 5) is 53.1. The fourth-order valence-corrected chi connectivity index (χ4v) is 4.17. The molecule has 0 saturated heterocycles. The lowest BCUT2D eigenvalue weighted by Gasteiger charge is -2.24. The smallest absolute Gasteiger partial charge is 0.328 e. The summed E-state index contributed by atoms with van der Waals surface area (Å²) >= 11 is 4.07. The van der Waals surface area contributed by atoms with Crippen molar-refractivity contribution in [2.75, 3.05) is 12.4 Å². The third-order valence-corrected chi connectivity index (χ3v) is 6.44. The minimum atomic E-state index is -1.56. The predicted octanol–water partition coefficient (Wildman–Crippen LogP) is -0.553. The van der Waals surface area contributed by atoms with Gasteiger partial charge in [-0.1, -0.05) is 30.3 Å². The van der Waals surface area contributed by atoms with Crippen molar-refractivity contribution in [2.24, 2.45) is 5.73 Å². The maximum absolute atomic E-state index is 13.2. The van der Waals surface area contributed by atoms with Crippen LogP contribution in [0.4, 0.5) is 0 Å². The number of aliphatic hydroxyl groups excluding tert-OH is 1. The number of carboxylic acids is 1.